The van der Waals surface area contributed by atoms with Gasteiger partial charge in [0.25, 0.3) is 0 Å². The fourth-order valence-electron chi connectivity index (χ4n) is 3.83. The Hall–Kier alpha value is -0.650. The van der Waals surface area contributed by atoms with Crippen molar-refractivity contribution < 1.29 is 15.0 Å². The average molecular weight is 284 g/mol. The van der Waals surface area contributed by atoms with E-state index in [9.17, 15) is 9.90 Å². The lowest BCUT2D eigenvalue weighted by Crippen LogP contribution is -2.46. The number of carbonyl (C=O) groups is 1. The number of nitrogens with zero attached hydrogens (tertiary/aromatic N) is 2. The van der Waals surface area contributed by atoms with E-state index in [0.29, 0.717) is 44.2 Å². The molecule has 0 aromatic heterocycles. The Morgan fingerprint density at radius 2 is 1.90 bits per heavy atom. The van der Waals surface area contributed by atoms with Crippen LogP contribution in [0.25, 0.3) is 0 Å². The molecule has 0 spiro atoms. The topological polar surface area (TPSA) is 64.0 Å². The van der Waals surface area contributed by atoms with Gasteiger partial charge in [-0.05, 0) is 45.7 Å². The van der Waals surface area contributed by atoms with Gasteiger partial charge in [-0.3, -0.25) is 9.69 Å². The molecule has 0 aromatic rings. The van der Waals surface area contributed by atoms with Gasteiger partial charge in [0.15, 0.2) is 0 Å². The zero-order valence-corrected chi connectivity index (χ0v) is 12.9. The highest BCUT2D eigenvalue weighted by Crippen LogP contribution is 2.34. The van der Waals surface area contributed by atoms with Crippen molar-refractivity contribution in [3.8, 4) is 0 Å². The molecule has 1 saturated carbocycles. The lowest BCUT2D eigenvalue weighted by Gasteiger charge is -2.37. The van der Waals surface area contributed by atoms with Gasteiger partial charge in [-0.2, -0.15) is 0 Å². The van der Waals surface area contributed by atoms with Gasteiger partial charge < -0.3 is 15.1 Å². The second-order valence-corrected chi connectivity index (χ2v) is 7.04. The number of carboxylic acid groups (broad SMARTS) is 1. The second kappa shape index (κ2) is 6.00. The Bertz CT molecular complexity index is 351. The van der Waals surface area contributed by atoms with Gasteiger partial charge in [-0.1, -0.05) is 6.92 Å². The first-order chi connectivity index (χ1) is 9.31. The predicted molar refractivity (Wildman–Crippen MR) is 77.6 cm³/mol. The van der Waals surface area contributed by atoms with Gasteiger partial charge >= 0.3 is 5.97 Å². The van der Waals surface area contributed by atoms with Crippen molar-refractivity contribution in [1.29, 1.82) is 0 Å². The summed E-state index contributed by atoms with van der Waals surface area (Å²) in [5.74, 6) is -0.360. The number of rotatable bonds is 4. The van der Waals surface area contributed by atoms with E-state index in [1.54, 1.807) is 0 Å². The molecule has 1 aliphatic carbocycles. The molecule has 2 rings (SSSR count). The van der Waals surface area contributed by atoms with Gasteiger partial charge in [0.2, 0.25) is 0 Å². The molecule has 20 heavy (non-hydrogen) atoms. The quantitative estimate of drug-likeness (QED) is 0.802. The normalized spacial score (nSPS) is 39.4. The first-order valence-corrected chi connectivity index (χ1v) is 7.65. The Kier molecular flexibility index (Phi) is 4.72. The number of aliphatic carboxylic acids is 1. The molecule has 5 nitrogen and oxygen atoms in total. The molecule has 0 aromatic carbocycles. The monoisotopic (exact) mass is 284 g/mol. The summed E-state index contributed by atoms with van der Waals surface area (Å²) in [6.45, 7) is 4.97. The maximum atomic E-state index is 11.0. The number of aliphatic hydroxyl groups is 1. The summed E-state index contributed by atoms with van der Waals surface area (Å²) in [7, 11) is 4.22. The zero-order chi connectivity index (χ0) is 14.9. The third-order valence-corrected chi connectivity index (χ3v) is 5.10. The summed E-state index contributed by atoms with van der Waals surface area (Å²) in [5.41, 5.74) is -0.688. The minimum Gasteiger partial charge on any atom is -0.481 e. The van der Waals surface area contributed by atoms with E-state index in [4.69, 9.17) is 5.11 Å². The molecule has 2 aliphatic rings. The Balaban J connectivity index is 1.86. The van der Waals surface area contributed by atoms with Crippen LogP contribution in [0.15, 0.2) is 0 Å². The first kappa shape index (κ1) is 15.7. The van der Waals surface area contributed by atoms with Crippen molar-refractivity contribution >= 4 is 5.97 Å². The van der Waals surface area contributed by atoms with Crippen LogP contribution in [0, 0.1) is 11.8 Å². The number of likely N-dealkylation sites (N-methyl/N-ethyl adjacent to an activating group) is 1. The van der Waals surface area contributed by atoms with Gasteiger partial charge in [-0.25, -0.2) is 0 Å². The summed E-state index contributed by atoms with van der Waals surface area (Å²) < 4.78 is 0. The van der Waals surface area contributed by atoms with Crippen LogP contribution in [0.3, 0.4) is 0 Å². The van der Waals surface area contributed by atoms with Crippen molar-refractivity contribution in [1.82, 2.24) is 9.80 Å². The number of hydrogen-bond acceptors (Lipinski definition) is 4. The lowest BCUT2D eigenvalue weighted by atomic mass is 9.78. The van der Waals surface area contributed by atoms with Crippen molar-refractivity contribution in [2.24, 2.45) is 11.8 Å². The molecule has 0 amide bonds. The third-order valence-electron chi connectivity index (χ3n) is 5.10. The summed E-state index contributed by atoms with van der Waals surface area (Å²) >= 11 is 0. The number of β-amino-alcohol motifs (C(OH)–C–C–N with tert-alkyl or cyclic N) is 1. The van der Waals surface area contributed by atoms with Crippen LogP contribution in [0.1, 0.15) is 32.6 Å². The SMILES string of the molecule is CC1CN(CC2(O)CCC(C(=O)O)CC2)CC1N(C)C. The summed E-state index contributed by atoms with van der Waals surface area (Å²) in [6, 6.07) is 0.550. The van der Waals surface area contributed by atoms with E-state index in [1.807, 2.05) is 0 Å². The highest BCUT2D eigenvalue weighted by molar-refractivity contribution is 5.70. The first-order valence-electron chi connectivity index (χ1n) is 7.65. The van der Waals surface area contributed by atoms with E-state index in [2.05, 4.69) is 30.8 Å². The molecule has 2 atom stereocenters. The largest absolute Gasteiger partial charge is 0.481 e. The molecule has 0 radical (unpaired) electrons. The highest BCUT2D eigenvalue weighted by Gasteiger charge is 2.40. The fourth-order valence-corrected chi connectivity index (χ4v) is 3.83. The van der Waals surface area contributed by atoms with E-state index in [0.717, 1.165) is 13.1 Å². The molecular formula is C15H28N2O3. The van der Waals surface area contributed by atoms with Crippen molar-refractivity contribution in [3.63, 3.8) is 0 Å². The Morgan fingerprint density at radius 3 is 2.35 bits per heavy atom. The van der Waals surface area contributed by atoms with E-state index < -0.39 is 11.6 Å². The molecular weight excluding hydrogens is 256 g/mol. The predicted octanol–water partition coefficient (Wildman–Crippen LogP) is 0.874. The summed E-state index contributed by atoms with van der Waals surface area (Å²) in [4.78, 5) is 15.6. The van der Waals surface area contributed by atoms with Crippen LogP contribution >= 0.6 is 0 Å². The number of hydrogen-bond donors (Lipinski definition) is 2. The van der Waals surface area contributed by atoms with Crippen LogP contribution in [0.5, 0.6) is 0 Å². The molecule has 1 heterocycles. The van der Waals surface area contributed by atoms with Crippen molar-refractivity contribution in [2.45, 2.75) is 44.2 Å². The van der Waals surface area contributed by atoms with Crippen LogP contribution in [-0.4, -0.2) is 71.4 Å². The molecule has 0 bridgehead atoms. The van der Waals surface area contributed by atoms with Crippen molar-refractivity contribution in [3.05, 3.63) is 0 Å². The second-order valence-electron chi connectivity index (χ2n) is 7.04. The summed E-state index contributed by atoms with van der Waals surface area (Å²) in [5, 5.41) is 19.7. The number of likely N-dealkylation sites (tertiary alicyclic amines) is 1. The van der Waals surface area contributed by atoms with E-state index in [1.165, 1.54) is 0 Å². The lowest BCUT2D eigenvalue weighted by molar-refractivity contribution is -0.145. The van der Waals surface area contributed by atoms with E-state index >= 15 is 0 Å². The average Bonchev–Trinajstić information content (AvgIpc) is 2.70. The van der Waals surface area contributed by atoms with Gasteiger partial charge in [0.05, 0.1) is 11.5 Å². The van der Waals surface area contributed by atoms with Gasteiger partial charge in [0, 0.05) is 25.7 Å². The molecule has 1 aliphatic heterocycles. The van der Waals surface area contributed by atoms with Crippen LogP contribution in [-0.2, 0) is 4.79 Å². The molecule has 2 unspecified atom stereocenters. The smallest absolute Gasteiger partial charge is 0.306 e. The molecule has 1 saturated heterocycles. The third kappa shape index (κ3) is 3.51. The summed E-state index contributed by atoms with van der Waals surface area (Å²) in [6.07, 6.45) is 2.43. The minimum atomic E-state index is -0.713. The molecule has 5 heteroatoms. The van der Waals surface area contributed by atoms with Crippen LogP contribution < -0.4 is 0 Å². The highest BCUT2D eigenvalue weighted by atomic mass is 16.4. The maximum absolute atomic E-state index is 11.0. The Morgan fingerprint density at radius 1 is 1.30 bits per heavy atom. The van der Waals surface area contributed by atoms with E-state index in [-0.39, 0.29) is 5.92 Å². The van der Waals surface area contributed by atoms with Crippen LogP contribution in [0.2, 0.25) is 0 Å². The fraction of sp³-hybridized carbons (Fsp3) is 0.933. The maximum Gasteiger partial charge on any atom is 0.306 e. The molecule has 2 fully saturated rings. The number of carboxylic acids is 1. The molecule has 2 N–H and O–H groups in total. The Labute approximate surface area is 121 Å². The van der Waals surface area contributed by atoms with Gasteiger partial charge in [0.1, 0.15) is 0 Å². The standard InChI is InChI=1S/C15H28N2O3/c1-11-8-17(9-13(11)16(2)3)10-15(20)6-4-12(5-7-15)14(18)19/h11-13,20H,4-10H2,1-3H3,(H,18,19). The molecule has 116 valence electrons. The van der Waals surface area contributed by atoms with Crippen LogP contribution in [0.4, 0.5) is 0 Å². The zero-order valence-electron chi connectivity index (χ0n) is 12.9. The minimum absolute atomic E-state index is 0.262. The van der Waals surface area contributed by atoms with Gasteiger partial charge in [-0.15, -0.1) is 0 Å². The van der Waals surface area contributed by atoms with Crippen molar-refractivity contribution in [2.75, 3.05) is 33.7 Å².